The summed E-state index contributed by atoms with van der Waals surface area (Å²) in [4.78, 5) is 5.37. The van der Waals surface area contributed by atoms with Gasteiger partial charge in [0.25, 0.3) is 0 Å². The Kier molecular flexibility index (Phi) is 3.55. The van der Waals surface area contributed by atoms with E-state index in [1.54, 1.807) is 17.5 Å². The maximum absolute atomic E-state index is 11.6. The van der Waals surface area contributed by atoms with Gasteiger partial charge in [0, 0.05) is 17.3 Å². The van der Waals surface area contributed by atoms with Crippen molar-refractivity contribution >= 4 is 43.5 Å². The van der Waals surface area contributed by atoms with Gasteiger partial charge in [-0.2, -0.15) is 4.37 Å². The lowest BCUT2D eigenvalue weighted by Crippen LogP contribution is -2.05. The SMILES string of the molecule is Cc1cnc(CNc2snc(N)c2S(C)(=O)=O)s1. The first-order valence-corrected chi connectivity index (χ1v) is 8.46. The molecule has 2 heterocycles. The molecule has 0 saturated heterocycles. The standard InChI is InChI=1S/C9H12N4O2S3/c1-5-3-11-6(16-5)4-12-9-7(18(2,14)15)8(10)13-17-9/h3,12H,4H2,1-2H3,(H2,10,13). The van der Waals surface area contributed by atoms with E-state index < -0.39 is 9.84 Å². The molecule has 0 spiro atoms. The summed E-state index contributed by atoms with van der Waals surface area (Å²) >= 11 is 2.60. The molecule has 0 amide bonds. The topological polar surface area (TPSA) is 98.0 Å². The van der Waals surface area contributed by atoms with E-state index in [1.807, 2.05) is 6.92 Å². The van der Waals surface area contributed by atoms with Gasteiger partial charge in [0.1, 0.15) is 14.9 Å². The highest BCUT2D eigenvalue weighted by atomic mass is 32.2. The molecule has 0 saturated carbocycles. The summed E-state index contributed by atoms with van der Waals surface area (Å²) in [6, 6.07) is 0. The normalized spacial score (nSPS) is 11.7. The van der Waals surface area contributed by atoms with Crippen molar-refractivity contribution in [1.82, 2.24) is 9.36 Å². The first-order valence-electron chi connectivity index (χ1n) is 4.98. The summed E-state index contributed by atoms with van der Waals surface area (Å²) in [5.74, 6) is 0.0420. The highest BCUT2D eigenvalue weighted by Gasteiger charge is 2.21. The number of anilines is 2. The number of nitrogens with one attached hydrogen (secondary N) is 1. The molecule has 0 aliphatic carbocycles. The number of hydrogen-bond acceptors (Lipinski definition) is 8. The molecular formula is C9H12N4O2S3. The van der Waals surface area contributed by atoms with E-state index in [4.69, 9.17) is 5.73 Å². The third kappa shape index (κ3) is 2.79. The van der Waals surface area contributed by atoms with Crippen LogP contribution in [0.4, 0.5) is 10.8 Å². The van der Waals surface area contributed by atoms with Gasteiger partial charge in [0.2, 0.25) is 0 Å². The lowest BCUT2D eigenvalue weighted by molar-refractivity contribution is 0.602. The van der Waals surface area contributed by atoms with Crippen molar-refractivity contribution < 1.29 is 8.42 Å². The minimum Gasteiger partial charge on any atom is -0.382 e. The number of aryl methyl sites for hydroxylation is 1. The van der Waals surface area contributed by atoms with Crippen molar-refractivity contribution in [2.24, 2.45) is 0 Å². The van der Waals surface area contributed by atoms with E-state index in [0.29, 0.717) is 11.5 Å². The molecule has 98 valence electrons. The van der Waals surface area contributed by atoms with Crippen LogP contribution in [0.15, 0.2) is 11.1 Å². The number of rotatable bonds is 4. The van der Waals surface area contributed by atoms with E-state index >= 15 is 0 Å². The molecule has 2 rings (SSSR count). The van der Waals surface area contributed by atoms with Crippen LogP contribution in [-0.2, 0) is 16.4 Å². The van der Waals surface area contributed by atoms with Gasteiger partial charge in [0.05, 0.1) is 6.54 Å². The van der Waals surface area contributed by atoms with Crippen LogP contribution in [0.25, 0.3) is 0 Å². The van der Waals surface area contributed by atoms with Crippen LogP contribution in [0.3, 0.4) is 0 Å². The fourth-order valence-electron chi connectivity index (χ4n) is 1.40. The van der Waals surface area contributed by atoms with Gasteiger partial charge in [-0.3, -0.25) is 0 Å². The molecule has 0 aromatic carbocycles. The molecule has 0 radical (unpaired) electrons. The van der Waals surface area contributed by atoms with E-state index in [2.05, 4.69) is 14.7 Å². The van der Waals surface area contributed by atoms with Gasteiger partial charge >= 0.3 is 0 Å². The lowest BCUT2D eigenvalue weighted by Gasteiger charge is -2.03. The highest BCUT2D eigenvalue weighted by molar-refractivity contribution is 7.91. The van der Waals surface area contributed by atoms with Crippen LogP contribution in [-0.4, -0.2) is 24.0 Å². The Labute approximate surface area is 113 Å². The Morgan fingerprint density at radius 2 is 2.22 bits per heavy atom. The quantitative estimate of drug-likeness (QED) is 0.888. The Morgan fingerprint density at radius 1 is 1.50 bits per heavy atom. The molecule has 0 aliphatic rings. The fraction of sp³-hybridized carbons (Fsp3) is 0.333. The second-order valence-corrected chi connectivity index (χ2v) is 7.76. The summed E-state index contributed by atoms with van der Waals surface area (Å²) in [5.41, 5.74) is 5.57. The average molecular weight is 304 g/mol. The predicted molar refractivity (Wildman–Crippen MR) is 73.8 cm³/mol. The molecule has 18 heavy (non-hydrogen) atoms. The number of nitrogens with two attached hydrogens (primary N) is 1. The molecule has 0 bridgehead atoms. The summed E-state index contributed by atoms with van der Waals surface area (Å²) in [6.45, 7) is 2.43. The molecule has 0 aliphatic heterocycles. The van der Waals surface area contributed by atoms with Crippen molar-refractivity contribution in [3.05, 3.63) is 16.1 Å². The smallest absolute Gasteiger partial charge is 0.182 e. The van der Waals surface area contributed by atoms with Crippen molar-refractivity contribution in [2.75, 3.05) is 17.3 Å². The van der Waals surface area contributed by atoms with E-state index in [9.17, 15) is 8.42 Å². The summed E-state index contributed by atoms with van der Waals surface area (Å²) in [7, 11) is -3.38. The third-order valence-corrected chi connectivity index (χ3v) is 5.13. The maximum Gasteiger partial charge on any atom is 0.182 e. The molecule has 2 aromatic heterocycles. The van der Waals surface area contributed by atoms with Gasteiger partial charge in [-0.25, -0.2) is 13.4 Å². The minimum atomic E-state index is -3.38. The number of aromatic nitrogens is 2. The average Bonchev–Trinajstić information content (AvgIpc) is 2.81. The van der Waals surface area contributed by atoms with Gasteiger partial charge in [0.15, 0.2) is 15.7 Å². The van der Waals surface area contributed by atoms with E-state index in [1.165, 1.54) is 0 Å². The Morgan fingerprint density at radius 3 is 2.78 bits per heavy atom. The van der Waals surface area contributed by atoms with Crippen molar-refractivity contribution in [2.45, 2.75) is 18.4 Å². The molecule has 3 N–H and O–H groups in total. The zero-order valence-corrected chi connectivity index (χ0v) is 12.2. The number of thiazole rings is 1. The minimum absolute atomic E-state index is 0.0420. The zero-order chi connectivity index (χ0) is 13.3. The van der Waals surface area contributed by atoms with Crippen LogP contribution < -0.4 is 11.1 Å². The molecule has 2 aromatic rings. The second kappa shape index (κ2) is 4.82. The fourth-order valence-corrected chi connectivity index (χ4v) is 4.19. The van der Waals surface area contributed by atoms with Crippen molar-refractivity contribution in [3.8, 4) is 0 Å². The number of nitrogens with zero attached hydrogens (tertiary/aromatic N) is 2. The second-order valence-electron chi connectivity index (χ2n) is 3.72. The molecule has 9 heteroatoms. The van der Waals surface area contributed by atoms with Crippen LogP contribution in [0, 0.1) is 6.92 Å². The lowest BCUT2D eigenvalue weighted by atomic mass is 10.5. The first kappa shape index (κ1) is 13.2. The number of sulfone groups is 1. The number of nitrogen functional groups attached to an aromatic ring is 1. The van der Waals surface area contributed by atoms with Crippen LogP contribution in [0.5, 0.6) is 0 Å². The van der Waals surface area contributed by atoms with Crippen molar-refractivity contribution in [1.29, 1.82) is 0 Å². The third-order valence-electron chi connectivity index (χ3n) is 2.11. The Bertz CT molecular complexity index is 659. The van der Waals surface area contributed by atoms with Gasteiger partial charge in [-0.05, 0) is 18.5 Å². The zero-order valence-electron chi connectivity index (χ0n) is 9.80. The van der Waals surface area contributed by atoms with E-state index in [-0.39, 0.29) is 10.7 Å². The molecule has 6 nitrogen and oxygen atoms in total. The highest BCUT2D eigenvalue weighted by Crippen LogP contribution is 2.31. The van der Waals surface area contributed by atoms with Gasteiger partial charge in [-0.1, -0.05) is 0 Å². The predicted octanol–water partition coefficient (Wildman–Crippen LogP) is 1.51. The molecule has 0 unspecified atom stereocenters. The molecule has 0 fully saturated rings. The van der Waals surface area contributed by atoms with Crippen LogP contribution >= 0.6 is 22.9 Å². The van der Waals surface area contributed by atoms with Gasteiger partial charge in [-0.15, -0.1) is 11.3 Å². The van der Waals surface area contributed by atoms with Crippen LogP contribution in [0.2, 0.25) is 0 Å². The maximum atomic E-state index is 11.6. The largest absolute Gasteiger partial charge is 0.382 e. The Balaban J connectivity index is 2.20. The Hall–Kier alpha value is -1.19. The van der Waals surface area contributed by atoms with Gasteiger partial charge < -0.3 is 11.1 Å². The number of hydrogen-bond donors (Lipinski definition) is 2. The summed E-state index contributed by atoms with van der Waals surface area (Å²) in [6.07, 6.45) is 2.89. The van der Waals surface area contributed by atoms with Crippen molar-refractivity contribution in [3.63, 3.8) is 0 Å². The van der Waals surface area contributed by atoms with Crippen LogP contribution in [0.1, 0.15) is 9.88 Å². The molecular weight excluding hydrogens is 292 g/mol. The first-order chi connectivity index (χ1) is 8.38. The summed E-state index contributed by atoms with van der Waals surface area (Å²) < 4.78 is 27.0. The molecule has 0 atom stereocenters. The summed E-state index contributed by atoms with van der Waals surface area (Å²) in [5, 5.41) is 4.36. The van der Waals surface area contributed by atoms with E-state index in [0.717, 1.165) is 27.7 Å². The monoisotopic (exact) mass is 304 g/mol.